The van der Waals surface area contributed by atoms with Gasteiger partial charge in [0.15, 0.2) is 11.5 Å². The number of fused-ring (bicyclic) bond motifs is 1. The number of rotatable bonds is 5. The number of nitrogens with zero attached hydrogens (tertiary/aromatic N) is 4. The van der Waals surface area contributed by atoms with E-state index in [0.29, 0.717) is 16.8 Å². The smallest absolute Gasteiger partial charge is 0.406 e. The Kier molecular flexibility index (Phi) is 5.29. The number of aromatic nitrogens is 4. The number of aliphatic hydroxyl groups is 1. The highest BCUT2D eigenvalue weighted by Crippen LogP contribution is 2.37. The van der Waals surface area contributed by atoms with Crippen LogP contribution in [-0.4, -0.2) is 37.2 Å². The number of ether oxygens (including phenoxy) is 1. The van der Waals surface area contributed by atoms with E-state index in [2.05, 4.69) is 19.9 Å². The third kappa shape index (κ3) is 4.11. The normalized spacial score (nSPS) is 13.3. The van der Waals surface area contributed by atoms with Crippen molar-refractivity contribution in [3.63, 3.8) is 0 Å². The zero-order chi connectivity index (χ0) is 23.1. The largest absolute Gasteiger partial charge is 0.573 e. The van der Waals surface area contributed by atoms with Gasteiger partial charge in [0, 0.05) is 12.4 Å². The summed E-state index contributed by atoms with van der Waals surface area (Å²) in [7, 11) is 0. The predicted octanol–water partition coefficient (Wildman–Crippen LogP) is 4.83. The van der Waals surface area contributed by atoms with Crippen LogP contribution in [0.5, 0.6) is 5.75 Å². The van der Waals surface area contributed by atoms with Gasteiger partial charge in [-0.2, -0.15) is 8.78 Å². The Bertz CT molecular complexity index is 1250. The summed E-state index contributed by atoms with van der Waals surface area (Å²) in [5, 5.41) is 17.5. The van der Waals surface area contributed by atoms with Crippen LogP contribution < -0.4 is 4.74 Å². The first-order valence-electron chi connectivity index (χ1n) is 9.29. The molecule has 1 N–H and O–H groups in total. The van der Waals surface area contributed by atoms with E-state index in [1.54, 1.807) is 18.3 Å². The van der Waals surface area contributed by atoms with Gasteiger partial charge >= 0.3 is 6.36 Å². The number of hydrogen-bond donors (Lipinski definition) is 1. The molecule has 32 heavy (non-hydrogen) atoms. The number of benzene rings is 1. The van der Waals surface area contributed by atoms with Crippen molar-refractivity contribution in [2.24, 2.45) is 0 Å². The van der Waals surface area contributed by atoms with Crippen molar-refractivity contribution >= 4 is 5.65 Å². The first-order valence-corrected chi connectivity index (χ1v) is 9.29. The Morgan fingerprint density at radius 2 is 1.62 bits per heavy atom. The molecule has 11 heteroatoms. The Morgan fingerprint density at radius 3 is 2.28 bits per heavy atom. The number of halogens is 5. The monoisotopic (exact) mass is 450 g/mol. The number of hydrogen-bond acceptors (Lipinski definition) is 5. The fourth-order valence-corrected chi connectivity index (χ4v) is 3.15. The van der Waals surface area contributed by atoms with Crippen molar-refractivity contribution in [3.8, 4) is 28.4 Å². The predicted molar refractivity (Wildman–Crippen MR) is 104 cm³/mol. The van der Waals surface area contributed by atoms with Gasteiger partial charge in [-0.25, -0.2) is 0 Å². The summed E-state index contributed by atoms with van der Waals surface area (Å²) in [6.45, 7) is 0.975. The SMILES string of the molecule is CC(O)C(F)(F)c1cccnc1-c1nnc2ccc(-c3ccc(OC(F)(F)F)cc3)cn12. The topological polar surface area (TPSA) is 72.5 Å². The molecule has 1 unspecified atom stereocenters. The Hall–Kier alpha value is -3.60. The van der Waals surface area contributed by atoms with E-state index < -0.39 is 24.0 Å². The lowest BCUT2D eigenvalue weighted by molar-refractivity contribution is -0.274. The van der Waals surface area contributed by atoms with Crippen molar-refractivity contribution in [1.82, 2.24) is 19.6 Å². The lowest BCUT2D eigenvalue weighted by atomic mass is 10.0. The highest BCUT2D eigenvalue weighted by molar-refractivity contribution is 5.68. The van der Waals surface area contributed by atoms with Gasteiger partial charge in [-0.1, -0.05) is 12.1 Å². The molecule has 0 amide bonds. The third-order valence-corrected chi connectivity index (χ3v) is 4.73. The van der Waals surface area contributed by atoms with Crippen LogP contribution in [0, 0.1) is 0 Å². The Morgan fingerprint density at radius 1 is 0.938 bits per heavy atom. The molecule has 0 radical (unpaired) electrons. The molecule has 0 aliphatic rings. The van der Waals surface area contributed by atoms with Crippen molar-refractivity contribution in [1.29, 1.82) is 0 Å². The minimum atomic E-state index is -4.80. The van der Waals surface area contributed by atoms with Gasteiger partial charge in [0.1, 0.15) is 17.5 Å². The van der Waals surface area contributed by atoms with Gasteiger partial charge in [-0.3, -0.25) is 9.38 Å². The first kappa shape index (κ1) is 21.6. The molecule has 0 saturated heterocycles. The van der Waals surface area contributed by atoms with Gasteiger partial charge < -0.3 is 9.84 Å². The van der Waals surface area contributed by atoms with Crippen LogP contribution in [0.4, 0.5) is 22.0 Å². The minimum absolute atomic E-state index is 0.0230. The van der Waals surface area contributed by atoms with E-state index in [-0.39, 0.29) is 17.3 Å². The van der Waals surface area contributed by atoms with E-state index in [4.69, 9.17) is 0 Å². The fourth-order valence-electron chi connectivity index (χ4n) is 3.15. The van der Waals surface area contributed by atoms with Gasteiger partial charge in [0.05, 0.1) is 5.56 Å². The number of aliphatic hydroxyl groups excluding tert-OH is 1. The second kappa shape index (κ2) is 7.83. The number of pyridine rings is 2. The van der Waals surface area contributed by atoms with E-state index in [0.717, 1.165) is 13.0 Å². The standard InChI is InChI=1S/C21H15F5N4O2/c1-12(31)20(22,23)16-3-2-10-27-18(16)19-29-28-17-9-6-14(11-30(17)19)13-4-7-15(8-5-13)32-21(24,25)26/h2-12,31H,1H3. The van der Waals surface area contributed by atoms with Crippen molar-refractivity contribution in [2.45, 2.75) is 25.3 Å². The molecule has 0 aliphatic carbocycles. The second-order valence-corrected chi connectivity index (χ2v) is 6.94. The zero-order valence-corrected chi connectivity index (χ0v) is 16.4. The van der Waals surface area contributed by atoms with Gasteiger partial charge in [-0.15, -0.1) is 23.4 Å². The molecule has 4 aromatic rings. The second-order valence-electron chi connectivity index (χ2n) is 6.94. The maximum Gasteiger partial charge on any atom is 0.573 e. The van der Waals surface area contributed by atoms with Crippen molar-refractivity contribution < 1.29 is 31.8 Å². The van der Waals surface area contributed by atoms with Crippen molar-refractivity contribution in [2.75, 3.05) is 0 Å². The van der Waals surface area contributed by atoms with E-state index in [9.17, 15) is 27.1 Å². The molecule has 0 fully saturated rings. The molecule has 0 bridgehead atoms. The van der Waals surface area contributed by atoms with Crippen LogP contribution in [0.25, 0.3) is 28.3 Å². The maximum absolute atomic E-state index is 14.6. The molecule has 4 rings (SSSR count). The molecular weight excluding hydrogens is 435 g/mol. The van der Waals surface area contributed by atoms with Crippen LogP contribution in [0.2, 0.25) is 0 Å². The summed E-state index contributed by atoms with van der Waals surface area (Å²) in [5.41, 5.74) is 0.798. The quantitative estimate of drug-likeness (QED) is 0.441. The molecule has 3 aromatic heterocycles. The van der Waals surface area contributed by atoms with Crippen LogP contribution in [-0.2, 0) is 5.92 Å². The van der Waals surface area contributed by atoms with Crippen LogP contribution in [0.1, 0.15) is 12.5 Å². The average molecular weight is 450 g/mol. The van der Waals surface area contributed by atoms with Gasteiger partial charge in [0.25, 0.3) is 5.92 Å². The van der Waals surface area contributed by atoms with Crippen LogP contribution >= 0.6 is 0 Å². The van der Waals surface area contributed by atoms with Gasteiger partial charge in [-0.05, 0) is 54.4 Å². The third-order valence-electron chi connectivity index (χ3n) is 4.73. The van der Waals surface area contributed by atoms with Crippen LogP contribution in [0.3, 0.4) is 0 Å². The summed E-state index contributed by atoms with van der Waals surface area (Å²) in [5.74, 6) is -3.93. The molecule has 3 heterocycles. The van der Waals surface area contributed by atoms with Crippen molar-refractivity contribution in [3.05, 3.63) is 66.5 Å². The lowest BCUT2D eigenvalue weighted by Gasteiger charge is -2.21. The van der Waals surface area contributed by atoms with Crippen LogP contribution in [0.15, 0.2) is 60.9 Å². The summed E-state index contributed by atoms with van der Waals surface area (Å²) in [6, 6.07) is 10.9. The summed E-state index contributed by atoms with van der Waals surface area (Å²) < 4.78 is 71.6. The molecular formula is C21H15F5N4O2. The molecule has 0 saturated carbocycles. The minimum Gasteiger partial charge on any atom is -0.406 e. The molecule has 1 aromatic carbocycles. The van der Waals surface area contributed by atoms with E-state index >= 15 is 0 Å². The highest BCUT2D eigenvalue weighted by atomic mass is 19.4. The average Bonchev–Trinajstić information content (AvgIpc) is 3.16. The maximum atomic E-state index is 14.6. The molecule has 0 aliphatic heterocycles. The van der Waals surface area contributed by atoms with E-state index in [1.807, 2.05) is 0 Å². The first-order chi connectivity index (χ1) is 15.1. The van der Waals surface area contributed by atoms with E-state index in [1.165, 1.54) is 40.9 Å². The Balaban J connectivity index is 1.77. The summed E-state index contributed by atoms with van der Waals surface area (Å²) in [4.78, 5) is 4.03. The zero-order valence-electron chi connectivity index (χ0n) is 16.4. The molecule has 166 valence electrons. The summed E-state index contributed by atoms with van der Waals surface area (Å²) >= 11 is 0. The fraction of sp³-hybridized carbons (Fsp3) is 0.190. The lowest BCUT2D eigenvalue weighted by Crippen LogP contribution is -2.29. The molecule has 1 atom stereocenters. The number of alkyl halides is 5. The molecule has 6 nitrogen and oxygen atoms in total. The molecule has 0 spiro atoms. The summed E-state index contributed by atoms with van der Waals surface area (Å²) in [6.07, 6.45) is -3.88. The van der Waals surface area contributed by atoms with Gasteiger partial charge in [0.2, 0.25) is 0 Å². The highest BCUT2D eigenvalue weighted by Gasteiger charge is 2.41. The Labute approximate surface area is 177 Å².